The third kappa shape index (κ3) is 9.12. The maximum atomic E-state index is 14.2. The van der Waals surface area contributed by atoms with Crippen LogP contribution in [0.15, 0.2) is 12.1 Å². The van der Waals surface area contributed by atoms with Crippen LogP contribution in [0.2, 0.25) is 0 Å². The molecular formula is C21H32F2NO3Ti-. The van der Waals surface area contributed by atoms with E-state index in [-0.39, 0.29) is 46.5 Å². The van der Waals surface area contributed by atoms with Gasteiger partial charge in [-0.2, -0.15) is 0 Å². The van der Waals surface area contributed by atoms with Gasteiger partial charge in [-0.3, -0.25) is 4.79 Å². The van der Waals surface area contributed by atoms with Crippen LogP contribution in [-0.2, 0) is 36.0 Å². The van der Waals surface area contributed by atoms with Crippen LogP contribution in [0.25, 0.3) is 0 Å². The number of amides is 1. The van der Waals surface area contributed by atoms with Crippen LogP contribution in [0.4, 0.5) is 14.5 Å². The van der Waals surface area contributed by atoms with E-state index in [0.29, 0.717) is 26.2 Å². The Morgan fingerprint density at radius 2 is 1.71 bits per heavy atom. The van der Waals surface area contributed by atoms with E-state index in [1.807, 2.05) is 26.8 Å². The third-order valence-electron chi connectivity index (χ3n) is 4.30. The SMILES string of the molecule is CCCCOCCOCCN(C(=O)C(C)(C)CCC)c1ccc(F)[c-]c1F.[Ti]. The van der Waals surface area contributed by atoms with Gasteiger partial charge in [0.2, 0.25) is 5.91 Å². The summed E-state index contributed by atoms with van der Waals surface area (Å²) in [5.74, 6) is -1.89. The van der Waals surface area contributed by atoms with Gasteiger partial charge in [0.1, 0.15) is 0 Å². The Labute approximate surface area is 182 Å². The van der Waals surface area contributed by atoms with E-state index in [9.17, 15) is 13.6 Å². The maximum Gasteiger partial charge on any atom is 0.221 e. The molecule has 0 heterocycles. The van der Waals surface area contributed by atoms with Gasteiger partial charge in [-0.15, -0.1) is 18.2 Å². The predicted molar refractivity (Wildman–Crippen MR) is 103 cm³/mol. The number of unbranched alkanes of at least 4 members (excludes halogenated alkanes) is 1. The van der Waals surface area contributed by atoms with Crippen LogP contribution in [0, 0.1) is 23.1 Å². The smallest absolute Gasteiger partial charge is 0.221 e. The topological polar surface area (TPSA) is 38.8 Å². The van der Waals surface area contributed by atoms with Crippen molar-refractivity contribution in [3.8, 4) is 0 Å². The quantitative estimate of drug-likeness (QED) is 0.257. The van der Waals surface area contributed by atoms with Gasteiger partial charge in [0.25, 0.3) is 0 Å². The Balaban J connectivity index is 0.00000729. The summed E-state index contributed by atoms with van der Waals surface area (Å²) in [5, 5.41) is 0. The van der Waals surface area contributed by atoms with Crippen molar-refractivity contribution in [2.24, 2.45) is 5.41 Å². The Hall–Kier alpha value is -0.816. The van der Waals surface area contributed by atoms with Gasteiger partial charge < -0.3 is 14.4 Å². The number of carbonyl (C=O) groups is 1. The van der Waals surface area contributed by atoms with Gasteiger partial charge in [-0.1, -0.05) is 40.5 Å². The Bertz CT molecular complexity index is 585. The standard InChI is InChI=1S/C21H32F2NO3.Ti/c1-5-7-12-26-14-15-27-13-11-24(20(25)21(3,4)10-6-2)19-9-8-17(22)16-18(19)23;/h8-9H,5-7,10-15H2,1-4H3;/q-1;. The second-order valence-corrected chi connectivity index (χ2v) is 7.17. The maximum absolute atomic E-state index is 14.2. The molecule has 0 aromatic heterocycles. The van der Waals surface area contributed by atoms with Crippen molar-refractivity contribution in [2.75, 3.05) is 37.9 Å². The summed E-state index contributed by atoms with van der Waals surface area (Å²) in [6.07, 6.45) is 3.58. The number of ether oxygens (including phenoxy) is 2. The molecule has 1 aromatic carbocycles. The zero-order chi connectivity index (χ0) is 20.3. The van der Waals surface area contributed by atoms with Gasteiger partial charge >= 0.3 is 0 Å². The number of hydrogen-bond acceptors (Lipinski definition) is 3. The molecule has 0 aliphatic heterocycles. The van der Waals surface area contributed by atoms with Crippen LogP contribution < -0.4 is 4.90 Å². The summed E-state index contributed by atoms with van der Waals surface area (Å²) >= 11 is 0. The number of hydrogen-bond donors (Lipinski definition) is 0. The van der Waals surface area contributed by atoms with Crippen molar-refractivity contribution in [1.29, 1.82) is 0 Å². The van der Waals surface area contributed by atoms with Crippen molar-refractivity contribution >= 4 is 11.6 Å². The summed E-state index contributed by atoms with van der Waals surface area (Å²) < 4.78 is 38.4. The average Bonchev–Trinajstić information content (AvgIpc) is 2.61. The zero-order valence-corrected chi connectivity index (χ0v) is 19.0. The molecule has 0 aliphatic carbocycles. The number of anilines is 1. The Morgan fingerprint density at radius 1 is 1.07 bits per heavy atom. The zero-order valence-electron chi connectivity index (χ0n) is 17.4. The van der Waals surface area contributed by atoms with Crippen LogP contribution in [-0.4, -0.2) is 38.9 Å². The molecule has 158 valence electrons. The first-order valence-corrected chi connectivity index (χ1v) is 9.68. The molecule has 28 heavy (non-hydrogen) atoms. The summed E-state index contributed by atoms with van der Waals surface area (Å²) in [6, 6.07) is 4.38. The van der Waals surface area contributed by atoms with E-state index in [4.69, 9.17) is 9.47 Å². The fourth-order valence-electron chi connectivity index (χ4n) is 2.80. The molecule has 0 unspecified atom stereocenters. The van der Waals surface area contributed by atoms with Crippen molar-refractivity contribution in [2.45, 2.75) is 53.4 Å². The average molecular weight is 432 g/mol. The normalized spacial score (nSPS) is 11.2. The second-order valence-electron chi connectivity index (χ2n) is 7.17. The van der Waals surface area contributed by atoms with E-state index in [1.165, 1.54) is 11.0 Å². The number of benzene rings is 1. The summed E-state index contributed by atoms with van der Waals surface area (Å²) in [5.41, 5.74) is -0.632. The first kappa shape index (κ1) is 27.2. The molecule has 1 aromatic rings. The van der Waals surface area contributed by atoms with Crippen LogP contribution >= 0.6 is 0 Å². The number of carbonyl (C=O) groups excluding carboxylic acids is 1. The first-order valence-electron chi connectivity index (χ1n) is 9.68. The molecule has 4 nitrogen and oxygen atoms in total. The van der Waals surface area contributed by atoms with Gasteiger partial charge in [-0.05, 0) is 18.5 Å². The fraction of sp³-hybridized carbons (Fsp3) is 0.667. The van der Waals surface area contributed by atoms with E-state index < -0.39 is 17.0 Å². The molecule has 1 amide bonds. The Kier molecular flexibility index (Phi) is 13.8. The molecular weight excluding hydrogens is 400 g/mol. The molecule has 7 heteroatoms. The molecule has 0 fully saturated rings. The minimum Gasteiger partial charge on any atom is -0.379 e. The minimum absolute atomic E-state index is 0. The summed E-state index contributed by atoms with van der Waals surface area (Å²) in [6.45, 7) is 9.76. The molecule has 1 rings (SSSR count). The van der Waals surface area contributed by atoms with Crippen molar-refractivity contribution in [3.63, 3.8) is 0 Å². The first-order chi connectivity index (χ1) is 12.8. The Morgan fingerprint density at radius 3 is 2.29 bits per heavy atom. The van der Waals surface area contributed by atoms with E-state index in [1.54, 1.807) is 0 Å². The van der Waals surface area contributed by atoms with E-state index >= 15 is 0 Å². The van der Waals surface area contributed by atoms with Gasteiger partial charge in [0, 0.05) is 51.9 Å². The molecule has 0 bridgehead atoms. The van der Waals surface area contributed by atoms with Crippen molar-refractivity contribution in [3.05, 3.63) is 29.8 Å². The third-order valence-corrected chi connectivity index (χ3v) is 4.30. The van der Waals surface area contributed by atoms with Gasteiger partial charge in [0.05, 0.1) is 19.8 Å². The molecule has 0 saturated heterocycles. The number of halogens is 2. The van der Waals surface area contributed by atoms with Crippen molar-refractivity contribution < 1.29 is 44.8 Å². The van der Waals surface area contributed by atoms with Gasteiger partial charge in [0.15, 0.2) is 0 Å². The minimum atomic E-state index is -0.876. The predicted octanol–water partition coefficient (Wildman–Crippen LogP) is 4.76. The number of rotatable bonds is 13. The second kappa shape index (κ2) is 14.2. The fourth-order valence-corrected chi connectivity index (χ4v) is 2.80. The number of nitrogens with zero attached hydrogens (tertiary/aromatic N) is 1. The van der Waals surface area contributed by atoms with Crippen LogP contribution in [0.3, 0.4) is 0 Å². The van der Waals surface area contributed by atoms with Gasteiger partial charge in [-0.25, -0.2) is 8.78 Å². The van der Waals surface area contributed by atoms with Crippen molar-refractivity contribution in [1.82, 2.24) is 0 Å². The van der Waals surface area contributed by atoms with Crippen LogP contribution in [0.5, 0.6) is 0 Å². The monoisotopic (exact) mass is 432 g/mol. The molecule has 0 spiro atoms. The van der Waals surface area contributed by atoms with E-state index in [2.05, 4.69) is 6.92 Å². The largest absolute Gasteiger partial charge is 0.379 e. The molecule has 0 atom stereocenters. The van der Waals surface area contributed by atoms with Crippen LogP contribution in [0.1, 0.15) is 53.4 Å². The molecule has 0 aliphatic rings. The summed E-state index contributed by atoms with van der Waals surface area (Å²) in [4.78, 5) is 14.3. The molecule has 0 saturated carbocycles. The molecule has 0 radical (unpaired) electrons. The molecule has 0 N–H and O–H groups in total. The van der Waals surface area contributed by atoms with E-state index in [0.717, 1.165) is 25.3 Å². The summed E-state index contributed by atoms with van der Waals surface area (Å²) in [7, 11) is 0.